The van der Waals surface area contributed by atoms with Gasteiger partial charge in [-0.25, -0.2) is 0 Å². The van der Waals surface area contributed by atoms with Crippen molar-refractivity contribution in [3.63, 3.8) is 0 Å². The summed E-state index contributed by atoms with van der Waals surface area (Å²) in [6.07, 6.45) is 3.85. The van der Waals surface area contributed by atoms with Crippen LogP contribution in [0.3, 0.4) is 0 Å². The van der Waals surface area contributed by atoms with Gasteiger partial charge in [0, 0.05) is 32.9 Å². The van der Waals surface area contributed by atoms with Gasteiger partial charge in [-0.2, -0.15) is 0 Å². The number of carbonyl (C=O) groups is 1. The van der Waals surface area contributed by atoms with Crippen LogP contribution in [0.4, 0.5) is 0 Å². The number of hydrogen-bond donors (Lipinski definition) is 1. The molecule has 1 N–H and O–H groups in total. The molecular weight excluding hydrogens is 244 g/mol. The van der Waals surface area contributed by atoms with E-state index in [1.54, 1.807) is 12.0 Å². The number of aromatic nitrogens is 1. The molecule has 1 aromatic heterocycles. The van der Waals surface area contributed by atoms with Crippen molar-refractivity contribution in [2.75, 3.05) is 33.4 Å². The molecule has 1 aromatic rings. The smallest absolute Gasteiger partial charge is 0.270 e. The van der Waals surface area contributed by atoms with E-state index in [9.17, 15) is 4.79 Å². The zero-order valence-corrected chi connectivity index (χ0v) is 11.8. The maximum absolute atomic E-state index is 12.4. The maximum Gasteiger partial charge on any atom is 0.270 e. The standard InChI is InChI=1S/C14H24N2O3/c1-3-4-7-16(9-11-17)14(18)13-6-5-8-15(13)10-12-19-2/h5-6,8,17H,3-4,7,9-12H2,1-2H3. The quantitative estimate of drug-likeness (QED) is 0.736. The van der Waals surface area contributed by atoms with Crippen LogP contribution in [0.15, 0.2) is 18.3 Å². The van der Waals surface area contributed by atoms with Crippen LogP contribution in [0, 0.1) is 0 Å². The van der Waals surface area contributed by atoms with E-state index in [1.807, 2.05) is 22.9 Å². The SMILES string of the molecule is CCCCN(CCO)C(=O)c1cccn1CCOC. The molecule has 0 atom stereocenters. The number of carbonyl (C=O) groups excluding carboxylic acids is 1. The van der Waals surface area contributed by atoms with Gasteiger partial charge >= 0.3 is 0 Å². The molecule has 0 fully saturated rings. The number of aliphatic hydroxyl groups is 1. The monoisotopic (exact) mass is 268 g/mol. The van der Waals surface area contributed by atoms with Crippen molar-refractivity contribution in [1.82, 2.24) is 9.47 Å². The van der Waals surface area contributed by atoms with Gasteiger partial charge in [-0.3, -0.25) is 4.79 Å². The first-order valence-electron chi connectivity index (χ1n) is 6.78. The molecule has 5 heteroatoms. The summed E-state index contributed by atoms with van der Waals surface area (Å²) in [5.41, 5.74) is 0.654. The molecule has 1 heterocycles. The van der Waals surface area contributed by atoms with Crippen molar-refractivity contribution in [2.45, 2.75) is 26.3 Å². The van der Waals surface area contributed by atoms with Crippen LogP contribution < -0.4 is 0 Å². The van der Waals surface area contributed by atoms with E-state index in [-0.39, 0.29) is 12.5 Å². The minimum absolute atomic E-state index is 0.00572. The average molecular weight is 268 g/mol. The first-order chi connectivity index (χ1) is 9.24. The van der Waals surface area contributed by atoms with E-state index in [1.165, 1.54) is 0 Å². The van der Waals surface area contributed by atoms with Crippen molar-refractivity contribution in [2.24, 2.45) is 0 Å². The predicted octanol–water partition coefficient (Wildman–Crippen LogP) is 1.37. The summed E-state index contributed by atoms with van der Waals surface area (Å²) in [7, 11) is 1.64. The van der Waals surface area contributed by atoms with Crippen LogP contribution in [0.5, 0.6) is 0 Å². The first-order valence-corrected chi connectivity index (χ1v) is 6.78. The second-order valence-electron chi connectivity index (χ2n) is 4.45. The van der Waals surface area contributed by atoms with E-state index in [0.717, 1.165) is 12.8 Å². The van der Waals surface area contributed by atoms with Gasteiger partial charge in [0.2, 0.25) is 0 Å². The lowest BCUT2D eigenvalue weighted by atomic mass is 10.3. The largest absolute Gasteiger partial charge is 0.395 e. The molecule has 0 saturated carbocycles. The second kappa shape index (κ2) is 8.72. The van der Waals surface area contributed by atoms with Crippen LogP contribution in [-0.2, 0) is 11.3 Å². The highest BCUT2D eigenvalue weighted by Gasteiger charge is 2.17. The Labute approximate surface area is 114 Å². The Morgan fingerprint density at radius 2 is 2.26 bits per heavy atom. The lowest BCUT2D eigenvalue weighted by Gasteiger charge is -2.22. The van der Waals surface area contributed by atoms with E-state index >= 15 is 0 Å². The Hall–Kier alpha value is -1.33. The first kappa shape index (κ1) is 15.7. The number of aliphatic hydroxyl groups excluding tert-OH is 1. The van der Waals surface area contributed by atoms with E-state index in [0.29, 0.717) is 31.9 Å². The van der Waals surface area contributed by atoms with Crippen LogP contribution in [-0.4, -0.2) is 53.9 Å². The molecule has 0 aromatic carbocycles. The summed E-state index contributed by atoms with van der Waals surface area (Å²) in [5, 5.41) is 9.07. The molecular formula is C14H24N2O3. The van der Waals surface area contributed by atoms with Gasteiger partial charge in [0.15, 0.2) is 0 Å². The normalized spacial score (nSPS) is 10.7. The summed E-state index contributed by atoms with van der Waals surface area (Å²) in [6.45, 7) is 4.38. The molecule has 19 heavy (non-hydrogen) atoms. The van der Waals surface area contributed by atoms with Gasteiger partial charge in [-0.1, -0.05) is 13.3 Å². The molecule has 0 spiro atoms. The minimum atomic E-state index is -0.0244. The minimum Gasteiger partial charge on any atom is -0.395 e. The van der Waals surface area contributed by atoms with Gasteiger partial charge in [0.25, 0.3) is 5.91 Å². The molecule has 0 aliphatic rings. The summed E-state index contributed by atoms with van der Waals surface area (Å²) in [5.74, 6) is -0.0244. The molecule has 1 rings (SSSR count). The topological polar surface area (TPSA) is 54.7 Å². The number of nitrogens with zero attached hydrogens (tertiary/aromatic N) is 2. The lowest BCUT2D eigenvalue weighted by molar-refractivity contribution is 0.0706. The fourth-order valence-corrected chi connectivity index (χ4v) is 1.94. The van der Waals surface area contributed by atoms with E-state index in [4.69, 9.17) is 9.84 Å². The van der Waals surface area contributed by atoms with E-state index < -0.39 is 0 Å². The second-order valence-corrected chi connectivity index (χ2v) is 4.45. The fourth-order valence-electron chi connectivity index (χ4n) is 1.94. The van der Waals surface area contributed by atoms with Crippen molar-refractivity contribution in [3.05, 3.63) is 24.0 Å². The third kappa shape index (κ3) is 4.69. The number of amides is 1. The van der Waals surface area contributed by atoms with Crippen LogP contribution in [0.25, 0.3) is 0 Å². The van der Waals surface area contributed by atoms with Crippen molar-refractivity contribution < 1.29 is 14.6 Å². The third-order valence-electron chi connectivity index (χ3n) is 3.02. The molecule has 5 nitrogen and oxygen atoms in total. The zero-order chi connectivity index (χ0) is 14.1. The van der Waals surface area contributed by atoms with Gasteiger partial charge in [0.05, 0.1) is 13.2 Å². The fraction of sp³-hybridized carbons (Fsp3) is 0.643. The predicted molar refractivity (Wildman–Crippen MR) is 74.2 cm³/mol. The number of unbranched alkanes of at least 4 members (excludes halogenated alkanes) is 1. The zero-order valence-electron chi connectivity index (χ0n) is 11.8. The van der Waals surface area contributed by atoms with Crippen LogP contribution in [0.1, 0.15) is 30.3 Å². The molecule has 0 bridgehead atoms. The van der Waals surface area contributed by atoms with Crippen molar-refractivity contribution in [1.29, 1.82) is 0 Å². The summed E-state index contributed by atoms with van der Waals surface area (Å²) in [4.78, 5) is 14.1. The number of ether oxygens (including phenoxy) is 1. The van der Waals surface area contributed by atoms with Gasteiger partial charge < -0.3 is 19.3 Å². The van der Waals surface area contributed by atoms with Gasteiger partial charge in [0.1, 0.15) is 5.69 Å². The Balaban J connectivity index is 2.74. The van der Waals surface area contributed by atoms with Crippen LogP contribution >= 0.6 is 0 Å². The molecule has 0 radical (unpaired) electrons. The van der Waals surface area contributed by atoms with E-state index in [2.05, 4.69) is 6.92 Å². The lowest BCUT2D eigenvalue weighted by Crippen LogP contribution is -2.35. The Bertz CT molecular complexity index is 377. The highest BCUT2D eigenvalue weighted by Crippen LogP contribution is 2.08. The molecule has 108 valence electrons. The highest BCUT2D eigenvalue weighted by molar-refractivity contribution is 5.92. The molecule has 0 aliphatic carbocycles. The molecule has 0 saturated heterocycles. The van der Waals surface area contributed by atoms with Gasteiger partial charge in [-0.15, -0.1) is 0 Å². The Kier molecular flexibility index (Phi) is 7.22. The molecule has 1 amide bonds. The van der Waals surface area contributed by atoms with Crippen molar-refractivity contribution in [3.8, 4) is 0 Å². The number of methoxy groups -OCH3 is 1. The number of hydrogen-bond acceptors (Lipinski definition) is 3. The Morgan fingerprint density at radius 3 is 2.89 bits per heavy atom. The maximum atomic E-state index is 12.4. The average Bonchev–Trinajstić information content (AvgIpc) is 2.88. The van der Waals surface area contributed by atoms with Crippen molar-refractivity contribution >= 4 is 5.91 Å². The summed E-state index contributed by atoms with van der Waals surface area (Å²) >= 11 is 0. The van der Waals surface area contributed by atoms with Crippen LogP contribution in [0.2, 0.25) is 0 Å². The Morgan fingerprint density at radius 1 is 1.47 bits per heavy atom. The summed E-state index contributed by atoms with van der Waals surface area (Å²) in [6, 6.07) is 3.67. The highest BCUT2D eigenvalue weighted by atomic mass is 16.5. The number of rotatable bonds is 9. The molecule has 0 aliphatic heterocycles. The van der Waals surface area contributed by atoms with Gasteiger partial charge in [-0.05, 0) is 18.6 Å². The third-order valence-corrected chi connectivity index (χ3v) is 3.02. The summed E-state index contributed by atoms with van der Waals surface area (Å²) < 4.78 is 6.93. The molecule has 0 unspecified atom stereocenters.